The molecule has 2 aromatic carbocycles. The summed E-state index contributed by atoms with van der Waals surface area (Å²) in [4.78, 5) is 2.57. The van der Waals surface area contributed by atoms with Crippen LogP contribution >= 0.6 is 0 Å². The molecule has 2 aliphatic heterocycles. The fourth-order valence-electron chi connectivity index (χ4n) is 5.19. The third-order valence-corrected chi connectivity index (χ3v) is 6.82. The van der Waals surface area contributed by atoms with Crippen LogP contribution in [0.4, 0.5) is 5.69 Å². The highest BCUT2D eigenvalue weighted by Gasteiger charge is 2.35. The number of hydrogen-bond acceptors (Lipinski definition) is 5. The smallest absolute Gasteiger partial charge is 0.160 e. The standard InChI is InChI=1S/C26H36N2O3/c1-16-17(2)25-21(14-26(4,5)31-25)18(3)24(16)28-11-10-27-20(15-28)12-19-8-9-22(29-6)23(13-19)30-7/h8-9,13,20,27H,10-12,14-15H2,1-7H3. The van der Waals surface area contributed by atoms with Gasteiger partial charge in [-0.25, -0.2) is 0 Å². The van der Waals surface area contributed by atoms with Crippen molar-refractivity contribution in [1.29, 1.82) is 0 Å². The van der Waals surface area contributed by atoms with E-state index in [2.05, 4.69) is 57.0 Å². The quantitative estimate of drug-likeness (QED) is 0.772. The van der Waals surface area contributed by atoms with E-state index < -0.39 is 0 Å². The van der Waals surface area contributed by atoms with Crippen LogP contribution in [0.25, 0.3) is 0 Å². The van der Waals surface area contributed by atoms with Crippen molar-refractivity contribution >= 4 is 5.69 Å². The minimum Gasteiger partial charge on any atom is -0.493 e. The maximum atomic E-state index is 6.32. The van der Waals surface area contributed by atoms with E-state index in [0.717, 1.165) is 49.7 Å². The predicted octanol–water partition coefficient (Wildman–Crippen LogP) is 4.36. The molecule has 1 unspecified atom stereocenters. The normalized spacial score (nSPS) is 19.7. The van der Waals surface area contributed by atoms with Gasteiger partial charge in [-0.2, -0.15) is 0 Å². The monoisotopic (exact) mass is 424 g/mol. The van der Waals surface area contributed by atoms with Crippen LogP contribution < -0.4 is 24.4 Å². The molecule has 1 fully saturated rings. The summed E-state index contributed by atoms with van der Waals surface area (Å²) in [5.74, 6) is 2.67. The lowest BCUT2D eigenvalue weighted by Crippen LogP contribution is -2.52. The lowest BCUT2D eigenvalue weighted by Gasteiger charge is -2.38. The van der Waals surface area contributed by atoms with Crippen LogP contribution in [0.15, 0.2) is 18.2 Å². The van der Waals surface area contributed by atoms with Crippen LogP contribution in [0.5, 0.6) is 17.2 Å². The Kier molecular flexibility index (Phi) is 5.82. The number of methoxy groups -OCH3 is 2. The van der Waals surface area contributed by atoms with E-state index in [4.69, 9.17) is 14.2 Å². The SMILES string of the molecule is COc1ccc(CC2CN(c3c(C)c(C)c4c(c3C)CC(C)(C)O4)CCN2)cc1OC. The Labute approximate surface area is 186 Å². The molecule has 0 aliphatic carbocycles. The number of fused-ring (bicyclic) bond motifs is 1. The number of rotatable bonds is 5. The van der Waals surface area contributed by atoms with E-state index in [-0.39, 0.29) is 5.60 Å². The van der Waals surface area contributed by atoms with E-state index in [9.17, 15) is 0 Å². The lowest BCUT2D eigenvalue weighted by molar-refractivity contribution is 0.137. The van der Waals surface area contributed by atoms with E-state index in [1.54, 1.807) is 14.2 Å². The molecule has 0 spiro atoms. The van der Waals surface area contributed by atoms with Gasteiger partial charge in [-0.15, -0.1) is 0 Å². The molecular formula is C26H36N2O3. The van der Waals surface area contributed by atoms with Gasteiger partial charge >= 0.3 is 0 Å². The van der Waals surface area contributed by atoms with Gasteiger partial charge in [0, 0.05) is 43.3 Å². The number of nitrogens with one attached hydrogen (secondary N) is 1. The molecule has 5 heteroatoms. The zero-order valence-electron chi connectivity index (χ0n) is 20.0. The Balaban J connectivity index is 1.58. The summed E-state index contributed by atoms with van der Waals surface area (Å²) in [6, 6.07) is 6.60. The van der Waals surface area contributed by atoms with Crippen molar-refractivity contribution in [2.45, 2.75) is 59.1 Å². The second kappa shape index (κ2) is 8.27. The van der Waals surface area contributed by atoms with Crippen LogP contribution in [0.2, 0.25) is 0 Å². The second-order valence-electron chi connectivity index (χ2n) is 9.56. The van der Waals surface area contributed by atoms with Crippen molar-refractivity contribution in [3.8, 4) is 17.2 Å². The molecule has 31 heavy (non-hydrogen) atoms. The summed E-state index contributed by atoms with van der Waals surface area (Å²) in [5.41, 5.74) is 7.94. The minimum atomic E-state index is -0.123. The average Bonchev–Trinajstić information content (AvgIpc) is 3.08. The molecule has 0 saturated carbocycles. The Bertz CT molecular complexity index is 983. The Hall–Kier alpha value is -2.40. The van der Waals surface area contributed by atoms with Crippen molar-refractivity contribution < 1.29 is 14.2 Å². The first-order valence-electron chi connectivity index (χ1n) is 11.2. The molecule has 5 nitrogen and oxygen atoms in total. The molecule has 168 valence electrons. The highest BCUT2D eigenvalue weighted by atomic mass is 16.5. The van der Waals surface area contributed by atoms with Crippen molar-refractivity contribution in [2.24, 2.45) is 0 Å². The maximum absolute atomic E-state index is 6.32. The van der Waals surface area contributed by atoms with Gasteiger partial charge < -0.3 is 24.4 Å². The van der Waals surface area contributed by atoms with Gasteiger partial charge in [0.05, 0.1) is 14.2 Å². The molecule has 0 radical (unpaired) electrons. The summed E-state index contributed by atoms with van der Waals surface area (Å²) >= 11 is 0. The molecule has 0 amide bonds. The van der Waals surface area contributed by atoms with Gasteiger partial charge in [-0.1, -0.05) is 6.07 Å². The van der Waals surface area contributed by atoms with E-state index in [1.165, 1.54) is 33.5 Å². The molecule has 0 aromatic heterocycles. The van der Waals surface area contributed by atoms with Gasteiger partial charge in [-0.3, -0.25) is 0 Å². The van der Waals surface area contributed by atoms with Crippen LogP contribution in [0.1, 0.15) is 41.7 Å². The van der Waals surface area contributed by atoms with E-state index in [1.807, 2.05) is 6.07 Å². The molecule has 2 aromatic rings. The lowest BCUT2D eigenvalue weighted by atomic mass is 9.91. The van der Waals surface area contributed by atoms with Crippen LogP contribution in [0, 0.1) is 20.8 Å². The molecule has 1 atom stereocenters. The third-order valence-electron chi connectivity index (χ3n) is 6.82. The molecule has 1 N–H and O–H groups in total. The number of ether oxygens (including phenoxy) is 3. The molecule has 0 bridgehead atoms. The number of nitrogens with zero attached hydrogens (tertiary/aromatic N) is 1. The number of anilines is 1. The van der Waals surface area contributed by atoms with Crippen LogP contribution in [-0.4, -0.2) is 45.5 Å². The van der Waals surface area contributed by atoms with Crippen molar-refractivity contribution in [2.75, 3.05) is 38.8 Å². The van der Waals surface area contributed by atoms with Gasteiger partial charge in [0.1, 0.15) is 11.4 Å². The Morgan fingerprint density at radius 2 is 1.81 bits per heavy atom. The minimum absolute atomic E-state index is 0.123. The first-order chi connectivity index (χ1) is 14.7. The maximum Gasteiger partial charge on any atom is 0.160 e. The molecule has 4 rings (SSSR count). The summed E-state index contributed by atoms with van der Waals surface area (Å²) in [7, 11) is 3.36. The van der Waals surface area contributed by atoms with Gasteiger partial charge in [-0.05, 0) is 75.4 Å². The van der Waals surface area contributed by atoms with E-state index >= 15 is 0 Å². The van der Waals surface area contributed by atoms with Gasteiger partial charge in [0.15, 0.2) is 11.5 Å². The van der Waals surface area contributed by atoms with Crippen molar-refractivity contribution in [1.82, 2.24) is 5.32 Å². The molecule has 2 heterocycles. The van der Waals surface area contributed by atoms with Gasteiger partial charge in [0.25, 0.3) is 0 Å². The Morgan fingerprint density at radius 1 is 1.06 bits per heavy atom. The summed E-state index contributed by atoms with van der Waals surface area (Å²) in [5, 5.41) is 3.71. The summed E-state index contributed by atoms with van der Waals surface area (Å²) in [6.45, 7) is 14.1. The summed E-state index contributed by atoms with van der Waals surface area (Å²) in [6.07, 6.45) is 1.93. The topological polar surface area (TPSA) is 43.0 Å². The van der Waals surface area contributed by atoms with Crippen molar-refractivity contribution in [3.63, 3.8) is 0 Å². The number of hydrogen-bond donors (Lipinski definition) is 1. The largest absolute Gasteiger partial charge is 0.493 e. The average molecular weight is 425 g/mol. The fraction of sp³-hybridized carbons (Fsp3) is 0.538. The predicted molar refractivity (Wildman–Crippen MR) is 126 cm³/mol. The second-order valence-corrected chi connectivity index (χ2v) is 9.56. The highest BCUT2D eigenvalue weighted by molar-refractivity contribution is 5.70. The zero-order valence-corrected chi connectivity index (χ0v) is 20.0. The molecule has 1 saturated heterocycles. The van der Waals surface area contributed by atoms with Crippen LogP contribution in [-0.2, 0) is 12.8 Å². The fourth-order valence-corrected chi connectivity index (χ4v) is 5.19. The molecular weight excluding hydrogens is 388 g/mol. The summed E-state index contributed by atoms with van der Waals surface area (Å²) < 4.78 is 17.2. The number of piperazine rings is 1. The zero-order chi connectivity index (χ0) is 22.3. The number of benzene rings is 2. The first-order valence-corrected chi connectivity index (χ1v) is 11.2. The van der Waals surface area contributed by atoms with E-state index in [0.29, 0.717) is 6.04 Å². The van der Waals surface area contributed by atoms with Crippen molar-refractivity contribution in [3.05, 3.63) is 46.0 Å². The third kappa shape index (κ3) is 4.08. The highest BCUT2D eigenvalue weighted by Crippen LogP contribution is 2.45. The van der Waals surface area contributed by atoms with Crippen LogP contribution in [0.3, 0.4) is 0 Å². The molecule has 2 aliphatic rings. The Morgan fingerprint density at radius 3 is 2.52 bits per heavy atom. The van der Waals surface area contributed by atoms with Gasteiger partial charge in [0.2, 0.25) is 0 Å². The first kappa shape index (κ1) is 21.8.